The number of nitrogens with zero attached hydrogens (tertiary/aromatic N) is 1. The third-order valence-electron chi connectivity index (χ3n) is 4.77. The number of likely N-dealkylation sites (tertiary alicyclic amines) is 1. The van der Waals surface area contributed by atoms with Crippen LogP contribution in [0.5, 0.6) is 5.75 Å². The Morgan fingerprint density at radius 3 is 2.34 bits per heavy atom. The Morgan fingerprint density at radius 1 is 1.03 bits per heavy atom. The van der Waals surface area contributed by atoms with Gasteiger partial charge in [0.25, 0.3) is 11.7 Å². The molecule has 0 aliphatic carbocycles. The minimum atomic E-state index is -0.837. The fraction of sp³-hybridized carbons (Fsp3) is 0.0909. The number of hydrogen-bond donors (Lipinski definition) is 2. The highest BCUT2D eigenvalue weighted by atomic mass is 35.5. The van der Waals surface area contributed by atoms with E-state index >= 15 is 0 Å². The van der Waals surface area contributed by atoms with Crippen molar-refractivity contribution in [1.29, 1.82) is 0 Å². The molecule has 0 unspecified atom stereocenters. The number of aromatic hydroxyl groups is 1. The van der Waals surface area contributed by atoms with Gasteiger partial charge < -0.3 is 19.5 Å². The molecule has 0 bridgehead atoms. The normalized spacial score (nSPS) is 18.4. The number of halogens is 1. The second-order valence-electron chi connectivity index (χ2n) is 6.60. The maximum absolute atomic E-state index is 12.9. The molecule has 1 atom stereocenters. The van der Waals surface area contributed by atoms with Crippen molar-refractivity contribution < 1.29 is 24.2 Å². The predicted octanol–water partition coefficient (Wildman–Crippen LogP) is 4.26. The molecule has 4 rings (SSSR count). The van der Waals surface area contributed by atoms with Crippen LogP contribution in [0.4, 0.5) is 0 Å². The van der Waals surface area contributed by atoms with E-state index in [4.69, 9.17) is 16.0 Å². The van der Waals surface area contributed by atoms with Crippen molar-refractivity contribution in [2.45, 2.75) is 12.6 Å². The van der Waals surface area contributed by atoms with E-state index in [-0.39, 0.29) is 23.6 Å². The fourth-order valence-electron chi connectivity index (χ4n) is 3.38. The van der Waals surface area contributed by atoms with Crippen molar-refractivity contribution >= 4 is 29.1 Å². The number of furan rings is 1. The Labute approximate surface area is 171 Å². The van der Waals surface area contributed by atoms with Crippen LogP contribution in [0.25, 0.3) is 5.76 Å². The lowest BCUT2D eigenvalue weighted by atomic mass is 9.95. The molecule has 1 fully saturated rings. The van der Waals surface area contributed by atoms with Crippen molar-refractivity contribution in [2.24, 2.45) is 0 Å². The van der Waals surface area contributed by atoms with Crippen LogP contribution in [0.2, 0.25) is 5.02 Å². The van der Waals surface area contributed by atoms with E-state index in [0.29, 0.717) is 21.9 Å². The molecular formula is C22H16ClNO5. The number of carbonyl (C=O) groups excluding carboxylic acids is 2. The highest BCUT2D eigenvalue weighted by Crippen LogP contribution is 2.40. The molecule has 146 valence electrons. The number of aliphatic hydroxyl groups excluding tert-OH is 1. The molecule has 1 aromatic heterocycles. The molecule has 0 spiro atoms. The van der Waals surface area contributed by atoms with Gasteiger partial charge in [0.05, 0.1) is 24.4 Å². The van der Waals surface area contributed by atoms with Gasteiger partial charge in [-0.2, -0.15) is 0 Å². The van der Waals surface area contributed by atoms with Crippen LogP contribution in [0.1, 0.15) is 22.9 Å². The zero-order valence-electron chi connectivity index (χ0n) is 15.1. The SMILES string of the molecule is O=C1C(=O)N(Cc2ccco2)[C@@H](c2ccc(O)cc2)C1=C(O)c1ccc(Cl)cc1. The van der Waals surface area contributed by atoms with Crippen LogP contribution in [0.3, 0.4) is 0 Å². The van der Waals surface area contributed by atoms with Gasteiger partial charge in [0.15, 0.2) is 0 Å². The number of Topliss-reactive ketones (excluding diaryl/α,β-unsaturated/α-hetero) is 1. The van der Waals surface area contributed by atoms with E-state index < -0.39 is 17.7 Å². The van der Waals surface area contributed by atoms with E-state index in [1.54, 1.807) is 48.5 Å². The largest absolute Gasteiger partial charge is 0.508 e. The Morgan fingerprint density at radius 2 is 1.72 bits per heavy atom. The molecule has 2 aromatic carbocycles. The standard InChI is InChI=1S/C22H16ClNO5/c23-15-7-3-14(4-8-15)20(26)18-19(13-5-9-16(25)10-6-13)24(22(28)21(18)27)12-17-2-1-11-29-17/h1-11,19,25-26H,12H2/t19-/m0/s1. The van der Waals surface area contributed by atoms with Gasteiger partial charge in [-0.1, -0.05) is 23.7 Å². The van der Waals surface area contributed by atoms with E-state index in [1.807, 2.05) is 0 Å². The summed E-state index contributed by atoms with van der Waals surface area (Å²) in [6, 6.07) is 15.0. The molecular weight excluding hydrogens is 394 g/mol. The smallest absolute Gasteiger partial charge is 0.296 e. The van der Waals surface area contributed by atoms with Crippen molar-refractivity contribution in [1.82, 2.24) is 4.90 Å². The van der Waals surface area contributed by atoms with Gasteiger partial charge in [-0.25, -0.2) is 0 Å². The molecule has 1 aliphatic rings. The number of carbonyl (C=O) groups is 2. The van der Waals surface area contributed by atoms with Crippen molar-refractivity contribution in [2.75, 3.05) is 0 Å². The number of ketones is 1. The Kier molecular flexibility index (Phi) is 4.86. The lowest BCUT2D eigenvalue weighted by molar-refractivity contribution is -0.140. The zero-order chi connectivity index (χ0) is 20.5. The first-order valence-corrected chi connectivity index (χ1v) is 9.19. The van der Waals surface area contributed by atoms with Gasteiger partial charge in [0.1, 0.15) is 17.3 Å². The third kappa shape index (κ3) is 3.50. The first-order chi connectivity index (χ1) is 14.0. The summed E-state index contributed by atoms with van der Waals surface area (Å²) in [7, 11) is 0. The Balaban J connectivity index is 1.86. The molecule has 2 N–H and O–H groups in total. The van der Waals surface area contributed by atoms with E-state index in [9.17, 15) is 19.8 Å². The molecule has 3 aromatic rings. The Bertz CT molecular complexity index is 1090. The third-order valence-corrected chi connectivity index (χ3v) is 5.02. The number of hydrogen-bond acceptors (Lipinski definition) is 5. The maximum atomic E-state index is 12.9. The number of phenols is 1. The minimum absolute atomic E-state index is 0.0328. The van der Waals surface area contributed by atoms with E-state index in [2.05, 4.69) is 0 Å². The molecule has 0 saturated carbocycles. The van der Waals surface area contributed by atoms with Gasteiger partial charge >= 0.3 is 0 Å². The van der Waals surface area contributed by atoms with Crippen LogP contribution in [-0.4, -0.2) is 26.8 Å². The molecule has 7 heteroatoms. The summed E-state index contributed by atoms with van der Waals surface area (Å²) in [5, 5.41) is 21.0. The lowest BCUT2D eigenvalue weighted by Crippen LogP contribution is -2.29. The van der Waals surface area contributed by atoms with Gasteiger partial charge in [0.2, 0.25) is 0 Å². The van der Waals surface area contributed by atoms with Crippen LogP contribution in [0.15, 0.2) is 76.9 Å². The van der Waals surface area contributed by atoms with Gasteiger partial charge in [-0.3, -0.25) is 9.59 Å². The summed E-state index contributed by atoms with van der Waals surface area (Å²) in [5.74, 6) is -1.27. The fourth-order valence-corrected chi connectivity index (χ4v) is 3.51. The number of rotatable bonds is 4. The van der Waals surface area contributed by atoms with Crippen LogP contribution >= 0.6 is 11.6 Å². The van der Waals surface area contributed by atoms with Crippen molar-refractivity contribution in [3.8, 4) is 5.75 Å². The summed E-state index contributed by atoms with van der Waals surface area (Å²) in [4.78, 5) is 27.0. The van der Waals surface area contributed by atoms with Crippen molar-refractivity contribution in [3.05, 3.63) is 94.4 Å². The highest BCUT2D eigenvalue weighted by Gasteiger charge is 2.46. The monoisotopic (exact) mass is 409 g/mol. The predicted molar refractivity (Wildman–Crippen MR) is 106 cm³/mol. The number of amides is 1. The first-order valence-electron chi connectivity index (χ1n) is 8.81. The molecule has 1 amide bonds. The number of aliphatic hydroxyl groups is 1. The van der Waals surface area contributed by atoms with E-state index in [0.717, 1.165) is 0 Å². The first kappa shape index (κ1) is 18.8. The summed E-state index contributed by atoms with van der Waals surface area (Å²) in [6.07, 6.45) is 1.48. The second-order valence-corrected chi connectivity index (χ2v) is 7.04. The molecule has 2 heterocycles. The molecule has 29 heavy (non-hydrogen) atoms. The van der Waals surface area contributed by atoms with Gasteiger partial charge in [0, 0.05) is 10.6 Å². The van der Waals surface area contributed by atoms with Crippen LogP contribution in [-0.2, 0) is 16.1 Å². The van der Waals surface area contributed by atoms with Gasteiger partial charge in [-0.15, -0.1) is 0 Å². The lowest BCUT2D eigenvalue weighted by Gasteiger charge is -2.24. The summed E-state index contributed by atoms with van der Waals surface area (Å²) >= 11 is 5.91. The summed E-state index contributed by atoms with van der Waals surface area (Å²) in [5.41, 5.74) is 0.910. The molecule has 1 saturated heterocycles. The topological polar surface area (TPSA) is 91.0 Å². The number of phenolic OH excluding ortho intramolecular Hbond substituents is 1. The average molecular weight is 410 g/mol. The highest BCUT2D eigenvalue weighted by molar-refractivity contribution is 6.46. The van der Waals surface area contributed by atoms with Crippen molar-refractivity contribution in [3.63, 3.8) is 0 Å². The van der Waals surface area contributed by atoms with Crippen LogP contribution < -0.4 is 0 Å². The summed E-state index contributed by atoms with van der Waals surface area (Å²) in [6.45, 7) is 0.0561. The Hall–Kier alpha value is -3.51. The summed E-state index contributed by atoms with van der Waals surface area (Å²) < 4.78 is 5.34. The average Bonchev–Trinajstić information content (AvgIpc) is 3.31. The number of benzene rings is 2. The quantitative estimate of drug-likeness (QED) is 0.381. The maximum Gasteiger partial charge on any atom is 0.296 e. The molecule has 1 aliphatic heterocycles. The molecule has 0 radical (unpaired) electrons. The second kappa shape index (κ2) is 7.48. The van der Waals surface area contributed by atoms with Gasteiger partial charge in [-0.05, 0) is 54.1 Å². The molecule has 6 nitrogen and oxygen atoms in total. The van der Waals surface area contributed by atoms with E-state index in [1.165, 1.54) is 23.3 Å². The van der Waals surface area contributed by atoms with Crippen LogP contribution in [0, 0.1) is 0 Å². The minimum Gasteiger partial charge on any atom is -0.508 e. The zero-order valence-corrected chi connectivity index (χ0v) is 15.8.